The normalized spacial score (nSPS) is 24.5. The SMILES string of the molecule is C[C@H](C(=O)N1CC[C@H](c2nc3c(c(=O)[nH]2)CCN(C(=O)C2CCC2)C3)C1)N1CCCC1=O. The number of aromatic amines is 1. The molecule has 0 spiro atoms. The van der Waals surface area contributed by atoms with Gasteiger partial charge in [-0.25, -0.2) is 4.98 Å². The van der Waals surface area contributed by atoms with Crippen LogP contribution in [0.25, 0.3) is 0 Å². The second-order valence-corrected chi connectivity index (χ2v) is 9.65. The summed E-state index contributed by atoms with van der Waals surface area (Å²) in [5, 5.41) is 0. The molecule has 0 unspecified atom stereocenters. The topological polar surface area (TPSA) is 107 Å². The number of H-pyrrole nitrogens is 1. The van der Waals surface area contributed by atoms with E-state index >= 15 is 0 Å². The molecule has 1 aromatic rings. The fraction of sp³-hybridized carbons (Fsp3) is 0.696. The third kappa shape index (κ3) is 3.71. The standard InChI is InChI=1S/C23H31N5O4/c1-14(28-9-3-6-19(28)29)22(31)26-10-7-16(12-26)20-24-18-13-27(23(32)15-4-2-5-15)11-8-17(18)21(30)25-20/h14-16H,2-13H2,1H3,(H,24,25,30)/t14-,16+/m1/s1. The number of nitrogens with zero attached hydrogens (tertiary/aromatic N) is 4. The number of fused-ring (bicyclic) bond motifs is 1. The fourth-order valence-electron chi connectivity index (χ4n) is 5.41. The Balaban J connectivity index is 1.28. The molecule has 9 nitrogen and oxygen atoms in total. The number of likely N-dealkylation sites (tertiary alicyclic amines) is 2. The summed E-state index contributed by atoms with van der Waals surface area (Å²) >= 11 is 0. The predicted molar refractivity (Wildman–Crippen MR) is 116 cm³/mol. The van der Waals surface area contributed by atoms with Gasteiger partial charge in [0.25, 0.3) is 5.56 Å². The fourth-order valence-corrected chi connectivity index (χ4v) is 5.41. The Labute approximate surface area is 187 Å². The molecule has 9 heteroatoms. The Morgan fingerprint density at radius 3 is 2.53 bits per heavy atom. The highest BCUT2D eigenvalue weighted by molar-refractivity contribution is 5.88. The van der Waals surface area contributed by atoms with Crippen LogP contribution in [0.5, 0.6) is 0 Å². The summed E-state index contributed by atoms with van der Waals surface area (Å²) in [5.74, 6) is 0.886. The summed E-state index contributed by atoms with van der Waals surface area (Å²) < 4.78 is 0. The van der Waals surface area contributed by atoms with Crippen molar-refractivity contribution in [1.29, 1.82) is 0 Å². The number of nitrogens with one attached hydrogen (secondary N) is 1. The van der Waals surface area contributed by atoms with Crippen LogP contribution in [0.3, 0.4) is 0 Å². The third-order valence-electron chi connectivity index (χ3n) is 7.68. The third-order valence-corrected chi connectivity index (χ3v) is 7.68. The molecule has 32 heavy (non-hydrogen) atoms. The van der Waals surface area contributed by atoms with Crippen LogP contribution in [0, 0.1) is 5.92 Å². The van der Waals surface area contributed by atoms with Crippen LogP contribution in [0.1, 0.15) is 68.4 Å². The maximum atomic E-state index is 13.0. The summed E-state index contributed by atoms with van der Waals surface area (Å²) in [6.45, 7) is 4.47. The predicted octanol–water partition coefficient (Wildman–Crippen LogP) is 0.782. The van der Waals surface area contributed by atoms with Crippen molar-refractivity contribution in [2.45, 2.75) is 70.4 Å². The van der Waals surface area contributed by atoms with E-state index in [9.17, 15) is 19.2 Å². The van der Waals surface area contributed by atoms with Crippen molar-refractivity contribution in [3.63, 3.8) is 0 Å². The highest BCUT2D eigenvalue weighted by atomic mass is 16.2. The maximum Gasteiger partial charge on any atom is 0.254 e. The first-order chi connectivity index (χ1) is 15.4. The Morgan fingerprint density at radius 2 is 1.84 bits per heavy atom. The smallest absolute Gasteiger partial charge is 0.254 e. The van der Waals surface area contributed by atoms with Crippen molar-refractivity contribution in [3.8, 4) is 0 Å². The first-order valence-electron chi connectivity index (χ1n) is 11.9. The van der Waals surface area contributed by atoms with E-state index in [1.54, 1.807) is 16.7 Å². The van der Waals surface area contributed by atoms with E-state index in [1.165, 1.54) is 0 Å². The highest BCUT2D eigenvalue weighted by Gasteiger charge is 2.37. The van der Waals surface area contributed by atoms with Gasteiger partial charge in [-0.15, -0.1) is 0 Å². The summed E-state index contributed by atoms with van der Waals surface area (Å²) in [6, 6.07) is -0.453. The van der Waals surface area contributed by atoms with Gasteiger partial charge in [-0.1, -0.05) is 6.42 Å². The number of hydrogen-bond donors (Lipinski definition) is 1. The van der Waals surface area contributed by atoms with Gasteiger partial charge in [-0.2, -0.15) is 0 Å². The van der Waals surface area contributed by atoms with Gasteiger partial charge in [-0.05, 0) is 39.0 Å². The van der Waals surface area contributed by atoms with Gasteiger partial charge in [0, 0.05) is 50.0 Å². The van der Waals surface area contributed by atoms with E-state index in [-0.39, 0.29) is 35.1 Å². The van der Waals surface area contributed by atoms with Gasteiger partial charge in [0.1, 0.15) is 11.9 Å². The molecule has 3 amide bonds. The average Bonchev–Trinajstić information content (AvgIpc) is 3.40. The lowest BCUT2D eigenvalue weighted by Gasteiger charge is -2.34. The van der Waals surface area contributed by atoms with Gasteiger partial charge < -0.3 is 19.7 Å². The van der Waals surface area contributed by atoms with E-state index in [1.807, 2.05) is 4.90 Å². The van der Waals surface area contributed by atoms with Crippen LogP contribution in [-0.2, 0) is 27.3 Å². The van der Waals surface area contributed by atoms with Gasteiger partial charge in [0.2, 0.25) is 17.7 Å². The molecule has 5 rings (SSSR count). The minimum absolute atomic E-state index is 0.0414. The lowest BCUT2D eigenvalue weighted by Crippen LogP contribution is -2.47. The van der Waals surface area contributed by atoms with Crippen molar-refractivity contribution < 1.29 is 14.4 Å². The summed E-state index contributed by atoms with van der Waals surface area (Å²) in [4.78, 5) is 63.4. The summed E-state index contributed by atoms with van der Waals surface area (Å²) in [6.07, 6.45) is 5.62. The van der Waals surface area contributed by atoms with E-state index in [0.29, 0.717) is 62.6 Å². The number of hydrogen-bond acceptors (Lipinski definition) is 5. The van der Waals surface area contributed by atoms with Crippen LogP contribution in [-0.4, -0.2) is 74.6 Å². The summed E-state index contributed by atoms with van der Waals surface area (Å²) in [7, 11) is 0. The lowest BCUT2D eigenvalue weighted by atomic mass is 9.84. The largest absolute Gasteiger partial charge is 0.340 e. The monoisotopic (exact) mass is 441 g/mol. The number of carbonyl (C=O) groups is 3. The van der Waals surface area contributed by atoms with Crippen LogP contribution >= 0.6 is 0 Å². The average molecular weight is 442 g/mol. The Hall–Kier alpha value is -2.71. The van der Waals surface area contributed by atoms with Gasteiger partial charge in [0.15, 0.2) is 0 Å². The molecule has 1 saturated carbocycles. The molecule has 3 fully saturated rings. The molecule has 4 heterocycles. The second-order valence-electron chi connectivity index (χ2n) is 9.65. The number of rotatable bonds is 4. The highest BCUT2D eigenvalue weighted by Crippen LogP contribution is 2.31. The first kappa shape index (κ1) is 21.2. The number of aromatic nitrogens is 2. The molecule has 1 aliphatic carbocycles. The second kappa shape index (κ2) is 8.33. The van der Waals surface area contributed by atoms with Gasteiger partial charge >= 0.3 is 0 Å². The molecule has 0 radical (unpaired) electrons. The van der Waals surface area contributed by atoms with E-state index < -0.39 is 6.04 Å². The lowest BCUT2D eigenvalue weighted by molar-refractivity contribution is -0.142. The van der Waals surface area contributed by atoms with Crippen LogP contribution < -0.4 is 5.56 Å². The molecule has 4 aliphatic rings. The molecular formula is C23H31N5O4. The maximum absolute atomic E-state index is 13.0. The zero-order chi connectivity index (χ0) is 22.4. The van der Waals surface area contributed by atoms with E-state index in [4.69, 9.17) is 4.98 Å². The minimum Gasteiger partial charge on any atom is -0.340 e. The van der Waals surface area contributed by atoms with Gasteiger partial charge in [-0.3, -0.25) is 19.2 Å². The zero-order valence-electron chi connectivity index (χ0n) is 18.6. The molecule has 0 bridgehead atoms. The van der Waals surface area contributed by atoms with Crippen molar-refractivity contribution in [2.24, 2.45) is 5.92 Å². The molecule has 172 valence electrons. The van der Waals surface area contributed by atoms with E-state index in [0.717, 1.165) is 32.1 Å². The Bertz CT molecular complexity index is 1000. The van der Waals surface area contributed by atoms with Crippen molar-refractivity contribution >= 4 is 17.7 Å². The Kier molecular flexibility index (Phi) is 5.51. The van der Waals surface area contributed by atoms with E-state index in [2.05, 4.69) is 4.98 Å². The van der Waals surface area contributed by atoms with Crippen molar-refractivity contribution in [2.75, 3.05) is 26.2 Å². The van der Waals surface area contributed by atoms with Crippen LogP contribution in [0.2, 0.25) is 0 Å². The van der Waals surface area contributed by atoms with Crippen molar-refractivity contribution in [3.05, 3.63) is 27.4 Å². The minimum atomic E-state index is -0.453. The Morgan fingerprint density at radius 1 is 1.03 bits per heavy atom. The molecule has 0 aromatic carbocycles. The number of carbonyl (C=O) groups excluding carboxylic acids is 3. The van der Waals surface area contributed by atoms with Crippen LogP contribution in [0.15, 0.2) is 4.79 Å². The van der Waals surface area contributed by atoms with Crippen molar-refractivity contribution in [1.82, 2.24) is 24.7 Å². The molecule has 1 aromatic heterocycles. The zero-order valence-corrected chi connectivity index (χ0v) is 18.6. The molecular weight excluding hydrogens is 410 g/mol. The number of amides is 3. The molecule has 2 saturated heterocycles. The van der Waals surface area contributed by atoms with Crippen LogP contribution in [0.4, 0.5) is 0 Å². The molecule has 2 atom stereocenters. The molecule has 3 aliphatic heterocycles. The molecule has 1 N–H and O–H groups in total. The quantitative estimate of drug-likeness (QED) is 0.743. The first-order valence-corrected chi connectivity index (χ1v) is 11.9. The summed E-state index contributed by atoms with van der Waals surface area (Å²) in [5.41, 5.74) is 1.25. The van der Waals surface area contributed by atoms with Gasteiger partial charge in [0.05, 0.1) is 12.2 Å².